The summed E-state index contributed by atoms with van der Waals surface area (Å²) in [6.07, 6.45) is 1.02. The van der Waals surface area contributed by atoms with Gasteiger partial charge in [0, 0.05) is 6.54 Å². The van der Waals surface area contributed by atoms with E-state index in [-0.39, 0.29) is 0 Å². The predicted octanol–water partition coefficient (Wildman–Crippen LogP) is 4.34. The first-order chi connectivity index (χ1) is 11.8. The van der Waals surface area contributed by atoms with Crippen molar-refractivity contribution < 1.29 is 4.74 Å². The van der Waals surface area contributed by atoms with Crippen molar-refractivity contribution in [2.24, 2.45) is 0 Å². The quantitative estimate of drug-likeness (QED) is 0.627. The van der Waals surface area contributed by atoms with Crippen molar-refractivity contribution >= 4 is 11.0 Å². The molecule has 0 aliphatic rings. The largest absolute Gasteiger partial charge is 0.493 e. The van der Waals surface area contributed by atoms with Gasteiger partial charge in [-0.25, -0.2) is 4.98 Å². The van der Waals surface area contributed by atoms with Crippen LogP contribution in [-0.2, 0) is 0 Å². The number of nitrogens with zero attached hydrogens (tertiary/aromatic N) is 2. The molecule has 0 atom stereocenters. The Bertz CT molecular complexity index is 744. The van der Waals surface area contributed by atoms with Gasteiger partial charge in [0.25, 0.3) is 0 Å². The lowest BCUT2D eigenvalue weighted by Gasteiger charge is -2.18. The Morgan fingerprint density at radius 2 is 1.75 bits per heavy atom. The van der Waals surface area contributed by atoms with E-state index in [0.29, 0.717) is 6.61 Å². The summed E-state index contributed by atoms with van der Waals surface area (Å²) >= 11 is 0. The Labute approximate surface area is 143 Å². The topological polar surface area (TPSA) is 41.1 Å². The zero-order valence-corrected chi connectivity index (χ0v) is 14.5. The van der Waals surface area contributed by atoms with E-state index in [1.54, 1.807) is 0 Å². The maximum Gasteiger partial charge on any atom is 0.142 e. The van der Waals surface area contributed by atoms with Crippen LogP contribution in [0.5, 0.6) is 5.75 Å². The van der Waals surface area contributed by atoms with Crippen molar-refractivity contribution in [1.82, 2.24) is 14.9 Å². The molecule has 1 heterocycles. The molecule has 0 unspecified atom stereocenters. The van der Waals surface area contributed by atoms with Crippen molar-refractivity contribution in [3.63, 3.8) is 0 Å². The fraction of sp³-hybridized carbons (Fsp3) is 0.350. The van der Waals surface area contributed by atoms with Gasteiger partial charge in [-0.1, -0.05) is 38.1 Å². The summed E-state index contributed by atoms with van der Waals surface area (Å²) in [5.74, 6) is 1.74. The number of fused-ring (bicyclic) bond motifs is 1. The van der Waals surface area contributed by atoms with Crippen LogP contribution in [0, 0.1) is 0 Å². The van der Waals surface area contributed by atoms with Crippen LogP contribution in [0.15, 0.2) is 48.5 Å². The van der Waals surface area contributed by atoms with Crippen molar-refractivity contribution in [3.05, 3.63) is 48.5 Å². The molecule has 0 saturated carbocycles. The van der Waals surface area contributed by atoms with E-state index >= 15 is 0 Å². The molecule has 3 aromatic rings. The first-order valence-electron chi connectivity index (χ1n) is 8.71. The molecule has 0 saturated heterocycles. The van der Waals surface area contributed by atoms with Crippen molar-refractivity contribution in [1.29, 1.82) is 0 Å². The zero-order valence-electron chi connectivity index (χ0n) is 14.5. The minimum atomic E-state index is 0.716. The van der Waals surface area contributed by atoms with Crippen LogP contribution in [0.4, 0.5) is 0 Å². The molecule has 2 aromatic carbocycles. The number of H-pyrrole nitrogens is 1. The number of para-hydroxylation sites is 3. The predicted molar refractivity (Wildman–Crippen MR) is 99.4 cm³/mol. The number of hydrogen-bond acceptors (Lipinski definition) is 3. The second-order valence-electron chi connectivity index (χ2n) is 5.83. The molecule has 1 N–H and O–H groups in total. The minimum absolute atomic E-state index is 0.716. The van der Waals surface area contributed by atoms with Gasteiger partial charge in [0.2, 0.25) is 0 Å². The van der Waals surface area contributed by atoms with Gasteiger partial charge in [0.1, 0.15) is 11.6 Å². The summed E-state index contributed by atoms with van der Waals surface area (Å²) in [6.45, 7) is 8.36. The Kier molecular flexibility index (Phi) is 5.49. The number of imidazole rings is 1. The monoisotopic (exact) mass is 323 g/mol. The molecule has 0 fully saturated rings. The molecule has 24 heavy (non-hydrogen) atoms. The minimum Gasteiger partial charge on any atom is -0.493 e. The van der Waals surface area contributed by atoms with E-state index in [2.05, 4.69) is 34.8 Å². The molecule has 0 bridgehead atoms. The van der Waals surface area contributed by atoms with Crippen LogP contribution in [-0.4, -0.2) is 41.1 Å². The molecule has 0 aliphatic carbocycles. The molecule has 4 nitrogen and oxygen atoms in total. The van der Waals surface area contributed by atoms with Gasteiger partial charge >= 0.3 is 0 Å². The standard InChI is InChI=1S/C20H25N3O/c1-3-23(4-2)14-9-15-24-19-13-8-5-10-16(19)20-21-17-11-6-7-12-18(17)22-20/h5-8,10-13H,3-4,9,14-15H2,1-2H3,(H,21,22). The van der Waals surface area contributed by atoms with Gasteiger partial charge in [0.05, 0.1) is 23.2 Å². The Hall–Kier alpha value is -2.33. The van der Waals surface area contributed by atoms with Crippen LogP contribution < -0.4 is 4.74 Å². The third-order valence-electron chi connectivity index (χ3n) is 4.30. The first kappa shape index (κ1) is 16.5. The molecule has 0 radical (unpaired) electrons. The fourth-order valence-electron chi connectivity index (χ4n) is 2.88. The molecule has 0 spiro atoms. The number of ether oxygens (including phenoxy) is 1. The van der Waals surface area contributed by atoms with Gasteiger partial charge in [-0.2, -0.15) is 0 Å². The van der Waals surface area contributed by atoms with Crippen molar-refractivity contribution in [3.8, 4) is 17.1 Å². The molecular weight excluding hydrogens is 298 g/mol. The third kappa shape index (κ3) is 3.77. The number of nitrogens with one attached hydrogen (secondary N) is 1. The third-order valence-corrected chi connectivity index (χ3v) is 4.30. The van der Waals surface area contributed by atoms with E-state index in [4.69, 9.17) is 4.74 Å². The first-order valence-corrected chi connectivity index (χ1v) is 8.71. The van der Waals surface area contributed by atoms with Crippen molar-refractivity contribution in [2.45, 2.75) is 20.3 Å². The lowest BCUT2D eigenvalue weighted by Crippen LogP contribution is -2.25. The van der Waals surface area contributed by atoms with E-state index in [1.165, 1.54) is 0 Å². The van der Waals surface area contributed by atoms with E-state index in [9.17, 15) is 0 Å². The van der Waals surface area contributed by atoms with Gasteiger partial charge in [-0.15, -0.1) is 0 Å². The average molecular weight is 323 g/mol. The Morgan fingerprint density at radius 3 is 2.54 bits per heavy atom. The van der Waals surface area contributed by atoms with Crippen LogP contribution >= 0.6 is 0 Å². The van der Waals surface area contributed by atoms with Gasteiger partial charge < -0.3 is 14.6 Å². The zero-order chi connectivity index (χ0) is 16.8. The number of hydrogen-bond donors (Lipinski definition) is 1. The summed E-state index contributed by atoms with van der Waals surface area (Å²) in [6, 6.07) is 16.2. The molecule has 4 heteroatoms. The summed E-state index contributed by atoms with van der Waals surface area (Å²) < 4.78 is 6.04. The second-order valence-corrected chi connectivity index (χ2v) is 5.83. The maximum absolute atomic E-state index is 6.04. The van der Waals surface area contributed by atoms with Crippen LogP contribution in [0.25, 0.3) is 22.4 Å². The highest BCUT2D eigenvalue weighted by Gasteiger charge is 2.10. The number of aromatic nitrogens is 2. The molecule has 0 aliphatic heterocycles. The molecular formula is C20H25N3O. The highest BCUT2D eigenvalue weighted by Crippen LogP contribution is 2.29. The summed E-state index contributed by atoms with van der Waals surface area (Å²) in [4.78, 5) is 10.5. The molecule has 0 amide bonds. The van der Waals surface area contributed by atoms with Gasteiger partial charge in [0.15, 0.2) is 0 Å². The summed E-state index contributed by atoms with van der Waals surface area (Å²) in [5.41, 5.74) is 3.03. The number of rotatable bonds is 8. The highest BCUT2D eigenvalue weighted by atomic mass is 16.5. The smallest absolute Gasteiger partial charge is 0.142 e. The Balaban J connectivity index is 1.71. The fourth-order valence-corrected chi connectivity index (χ4v) is 2.88. The lowest BCUT2D eigenvalue weighted by atomic mass is 10.2. The Morgan fingerprint density at radius 1 is 1.00 bits per heavy atom. The number of benzene rings is 2. The van der Waals surface area contributed by atoms with Crippen LogP contribution in [0.1, 0.15) is 20.3 Å². The molecule has 1 aromatic heterocycles. The van der Waals surface area contributed by atoms with Gasteiger partial charge in [-0.05, 0) is 43.8 Å². The van der Waals surface area contributed by atoms with Crippen LogP contribution in [0.3, 0.4) is 0 Å². The van der Waals surface area contributed by atoms with E-state index in [0.717, 1.165) is 54.2 Å². The maximum atomic E-state index is 6.04. The van der Waals surface area contributed by atoms with Crippen LogP contribution in [0.2, 0.25) is 0 Å². The second kappa shape index (κ2) is 7.97. The van der Waals surface area contributed by atoms with Crippen molar-refractivity contribution in [2.75, 3.05) is 26.2 Å². The van der Waals surface area contributed by atoms with E-state index < -0.39 is 0 Å². The van der Waals surface area contributed by atoms with Gasteiger partial charge in [-0.3, -0.25) is 0 Å². The lowest BCUT2D eigenvalue weighted by molar-refractivity contribution is 0.249. The normalized spacial score (nSPS) is 11.3. The average Bonchev–Trinajstić information content (AvgIpc) is 3.06. The highest BCUT2D eigenvalue weighted by molar-refractivity contribution is 5.80. The molecule has 126 valence electrons. The number of aromatic amines is 1. The SMILES string of the molecule is CCN(CC)CCCOc1ccccc1-c1nc2ccccc2[nH]1. The summed E-state index contributed by atoms with van der Waals surface area (Å²) in [7, 11) is 0. The summed E-state index contributed by atoms with van der Waals surface area (Å²) in [5, 5.41) is 0. The molecule has 3 rings (SSSR count). The van der Waals surface area contributed by atoms with E-state index in [1.807, 2.05) is 42.5 Å².